The van der Waals surface area contributed by atoms with Gasteiger partial charge in [-0.2, -0.15) is 0 Å². The first-order chi connectivity index (χ1) is 15.3. The van der Waals surface area contributed by atoms with E-state index in [0.717, 1.165) is 10.9 Å². The Balaban J connectivity index is 1.47. The Kier molecular flexibility index (Phi) is 5.96. The Labute approximate surface area is 185 Å². The topological polar surface area (TPSA) is 80.2 Å². The molecule has 4 rings (SSSR count). The van der Waals surface area contributed by atoms with E-state index < -0.39 is 15.8 Å². The summed E-state index contributed by atoms with van der Waals surface area (Å²) in [6.07, 6.45) is 2.16. The number of hydrogen-bond acceptors (Lipinski definition) is 3. The minimum atomic E-state index is -4.04. The summed E-state index contributed by atoms with van der Waals surface area (Å²) in [5, 5.41) is 3.85. The van der Waals surface area contributed by atoms with E-state index in [2.05, 4.69) is 10.0 Å². The number of hydrogen-bond donors (Lipinski definition) is 2. The number of sulfonamides is 1. The minimum absolute atomic E-state index is 0.0324. The van der Waals surface area contributed by atoms with Gasteiger partial charge in [-0.1, -0.05) is 36.4 Å². The summed E-state index contributed by atoms with van der Waals surface area (Å²) in [4.78, 5) is 12.5. The molecule has 0 aliphatic carbocycles. The molecule has 0 saturated heterocycles. The Hall–Kier alpha value is -3.65. The van der Waals surface area contributed by atoms with Gasteiger partial charge in [0.25, 0.3) is 10.0 Å². The molecule has 0 spiro atoms. The molecule has 2 N–H and O–H groups in total. The summed E-state index contributed by atoms with van der Waals surface area (Å²) in [6.45, 7) is 2.13. The fourth-order valence-electron chi connectivity index (χ4n) is 3.49. The zero-order chi connectivity index (χ0) is 22.7. The van der Waals surface area contributed by atoms with Crippen molar-refractivity contribution in [2.75, 3.05) is 10.0 Å². The van der Waals surface area contributed by atoms with E-state index in [1.807, 2.05) is 41.1 Å². The van der Waals surface area contributed by atoms with Gasteiger partial charge in [0.2, 0.25) is 5.91 Å². The molecule has 4 aromatic rings. The lowest BCUT2D eigenvalue weighted by atomic mass is 10.2. The van der Waals surface area contributed by atoms with Gasteiger partial charge in [-0.25, -0.2) is 12.8 Å². The number of nitrogens with zero attached hydrogens (tertiary/aromatic N) is 1. The van der Waals surface area contributed by atoms with E-state index in [9.17, 15) is 17.6 Å². The normalized spacial score (nSPS) is 11.4. The molecule has 6 nitrogen and oxygen atoms in total. The van der Waals surface area contributed by atoms with Gasteiger partial charge in [-0.05, 0) is 54.3 Å². The smallest absolute Gasteiger partial charge is 0.262 e. The number of carbonyl (C=O) groups is 1. The number of fused-ring (bicyclic) bond motifs is 1. The number of aryl methyl sites for hydroxylation is 2. The highest BCUT2D eigenvalue weighted by Gasteiger charge is 2.19. The van der Waals surface area contributed by atoms with Crippen molar-refractivity contribution in [2.24, 2.45) is 0 Å². The van der Waals surface area contributed by atoms with Crippen LogP contribution in [0.3, 0.4) is 0 Å². The Morgan fingerprint density at radius 3 is 2.56 bits per heavy atom. The van der Waals surface area contributed by atoms with Gasteiger partial charge in [0.1, 0.15) is 5.82 Å². The monoisotopic (exact) mass is 451 g/mol. The lowest BCUT2D eigenvalue weighted by Gasteiger charge is -2.13. The quantitative estimate of drug-likeness (QED) is 0.419. The Morgan fingerprint density at radius 2 is 1.75 bits per heavy atom. The maximum Gasteiger partial charge on any atom is 0.262 e. The molecule has 164 valence electrons. The zero-order valence-electron chi connectivity index (χ0n) is 17.4. The molecule has 0 aliphatic heterocycles. The second-order valence-electron chi connectivity index (χ2n) is 7.43. The van der Waals surface area contributed by atoms with Crippen molar-refractivity contribution in [1.82, 2.24) is 4.57 Å². The molecule has 0 saturated carbocycles. The maximum atomic E-state index is 13.9. The third-order valence-electron chi connectivity index (χ3n) is 5.14. The number of halogens is 1. The number of benzene rings is 3. The van der Waals surface area contributed by atoms with Crippen LogP contribution in [0.1, 0.15) is 12.0 Å². The standard InChI is InChI=1S/C24H22FN3O3S/c1-17-10-11-19(16-23(17)32(30,31)27-21-8-4-3-7-20(21)25)26-24(29)13-15-28-14-12-18-6-2-5-9-22(18)28/h2-12,14,16,27H,13,15H2,1H3,(H,26,29). The number of aromatic nitrogens is 1. The van der Waals surface area contributed by atoms with E-state index >= 15 is 0 Å². The lowest BCUT2D eigenvalue weighted by Crippen LogP contribution is -2.17. The van der Waals surface area contributed by atoms with Gasteiger partial charge in [0.15, 0.2) is 0 Å². The van der Waals surface area contributed by atoms with Gasteiger partial charge >= 0.3 is 0 Å². The molecular weight excluding hydrogens is 429 g/mol. The molecule has 0 fully saturated rings. The predicted octanol–water partition coefficient (Wildman–Crippen LogP) is 4.92. The molecular formula is C24H22FN3O3S. The fraction of sp³-hybridized carbons (Fsp3) is 0.125. The first kappa shape index (κ1) is 21.6. The molecule has 3 aromatic carbocycles. The van der Waals surface area contributed by atoms with Gasteiger partial charge in [0, 0.05) is 30.4 Å². The minimum Gasteiger partial charge on any atom is -0.347 e. The molecule has 0 aliphatic rings. The van der Waals surface area contributed by atoms with Gasteiger partial charge in [-0.3, -0.25) is 9.52 Å². The third kappa shape index (κ3) is 4.65. The molecule has 0 atom stereocenters. The Morgan fingerprint density at radius 1 is 1.00 bits per heavy atom. The second-order valence-corrected chi connectivity index (χ2v) is 9.08. The molecule has 1 heterocycles. The summed E-state index contributed by atoms with van der Waals surface area (Å²) in [6, 6.07) is 20.1. The SMILES string of the molecule is Cc1ccc(NC(=O)CCn2ccc3ccccc32)cc1S(=O)(=O)Nc1ccccc1F. The van der Waals surface area contributed by atoms with Crippen LogP contribution in [-0.2, 0) is 21.4 Å². The summed E-state index contributed by atoms with van der Waals surface area (Å²) >= 11 is 0. The second kappa shape index (κ2) is 8.84. The summed E-state index contributed by atoms with van der Waals surface area (Å²) in [5.74, 6) is -0.909. The number of anilines is 2. The van der Waals surface area contributed by atoms with Crippen molar-refractivity contribution in [3.8, 4) is 0 Å². The van der Waals surface area contributed by atoms with Crippen molar-refractivity contribution < 1.29 is 17.6 Å². The van der Waals surface area contributed by atoms with Gasteiger partial charge in [0.05, 0.1) is 10.6 Å². The summed E-state index contributed by atoms with van der Waals surface area (Å²) in [7, 11) is -4.04. The van der Waals surface area contributed by atoms with Crippen molar-refractivity contribution in [3.63, 3.8) is 0 Å². The van der Waals surface area contributed by atoms with Crippen LogP contribution >= 0.6 is 0 Å². The van der Waals surface area contributed by atoms with Crippen LogP contribution in [0.2, 0.25) is 0 Å². The van der Waals surface area contributed by atoms with E-state index in [-0.39, 0.29) is 22.9 Å². The van der Waals surface area contributed by atoms with Crippen molar-refractivity contribution in [2.45, 2.75) is 24.8 Å². The van der Waals surface area contributed by atoms with Crippen LogP contribution in [0, 0.1) is 12.7 Å². The van der Waals surface area contributed by atoms with Crippen molar-refractivity contribution in [1.29, 1.82) is 0 Å². The number of carbonyl (C=O) groups excluding carboxylic acids is 1. The molecule has 8 heteroatoms. The highest BCUT2D eigenvalue weighted by molar-refractivity contribution is 7.92. The number of amides is 1. The van der Waals surface area contributed by atoms with Crippen LogP contribution < -0.4 is 10.0 Å². The first-order valence-corrected chi connectivity index (χ1v) is 11.5. The van der Waals surface area contributed by atoms with Crippen LogP contribution in [0.15, 0.2) is 83.9 Å². The van der Waals surface area contributed by atoms with Crippen molar-refractivity contribution in [3.05, 3.63) is 90.4 Å². The molecule has 0 bridgehead atoms. The van der Waals surface area contributed by atoms with Gasteiger partial charge < -0.3 is 9.88 Å². The third-order valence-corrected chi connectivity index (χ3v) is 6.65. The Bertz CT molecular complexity index is 1400. The molecule has 1 aromatic heterocycles. The van der Waals surface area contributed by atoms with Crippen LogP contribution in [0.25, 0.3) is 10.9 Å². The van der Waals surface area contributed by atoms with E-state index in [1.54, 1.807) is 25.1 Å². The van der Waals surface area contributed by atoms with E-state index in [0.29, 0.717) is 17.8 Å². The average Bonchev–Trinajstić information content (AvgIpc) is 3.18. The summed E-state index contributed by atoms with van der Waals surface area (Å²) < 4.78 is 43.8. The molecule has 32 heavy (non-hydrogen) atoms. The highest BCUT2D eigenvalue weighted by Crippen LogP contribution is 2.24. The average molecular weight is 452 g/mol. The number of rotatable bonds is 7. The fourth-order valence-corrected chi connectivity index (χ4v) is 4.83. The van der Waals surface area contributed by atoms with Crippen LogP contribution in [0.5, 0.6) is 0 Å². The number of nitrogens with one attached hydrogen (secondary N) is 2. The number of para-hydroxylation sites is 2. The summed E-state index contributed by atoms with van der Waals surface area (Å²) in [5.41, 5.74) is 1.74. The van der Waals surface area contributed by atoms with Crippen LogP contribution in [-0.4, -0.2) is 18.9 Å². The first-order valence-electron chi connectivity index (χ1n) is 10.1. The van der Waals surface area contributed by atoms with E-state index in [4.69, 9.17) is 0 Å². The zero-order valence-corrected chi connectivity index (χ0v) is 18.2. The maximum absolute atomic E-state index is 13.9. The lowest BCUT2D eigenvalue weighted by molar-refractivity contribution is -0.116. The molecule has 1 amide bonds. The highest BCUT2D eigenvalue weighted by atomic mass is 32.2. The largest absolute Gasteiger partial charge is 0.347 e. The van der Waals surface area contributed by atoms with Crippen LogP contribution in [0.4, 0.5) is 15.8 Å². The predicted molar refractivity (Wildman–Crippen MR) is 124 cm³/mol. The van der Waals surface area contributed by atoms with Crippen molar-refractivity contribution >= 4 is 38.2 Å². The van der Waals surface area contributed by atoms with Gasteiger partial charge in [-0.15, -0.1) is 0 Å². The molecule has 0 unspecified atom stereocenters. The van der Waals surface area contributed by atoms with E-state index in [1.165, 1.54) is 24.3 Å². The molecule has 0 radical (unpaired) electrons.